The first-order valence-corrected chi connectivity index (χ1v) is 5.58. The van der Waals surface area contributed by atoms with Gasteiger partial charge in [-0.1, -0.05) is 0 Å². The Balaban J connectivity index is 2.12. The maximum atomic E-state index is 10.1. The predicted octanol–water partition coefficient (Wildman–Crippen LogP) is 1.83. The van der Waals surface area contributed by atoms with Gasteiger partial charge >= 0.3 is 0 Å². The number of thiophene rings is 1. The lowest BCUT2D eigenvalue weighted by Gasteiger charge is -2.15. The second-order valence-electron chi connectivity index (χ2n) is 3.42. The van der Waals surface area contributed by atoms with Crippen molar-refractivity contribution in [1.82, 2.24) is 0 Å². The summed E-state index contributed by atoms with van der Waals surface area (Å²) < 4.78 is 10.4. The van der Waals surface area contributed by atoms with E-state index >= 15 is 0 Å². The summed E-state index contributed by atoms with van der Waals surface area (Å²) in [6.07, 6.45) is 0.495. The third-order valence-electron chi connectivity index (χ3n) is 2.56. The third kappa shape index (κ3) is 1.78. The molecule has 0 spiro atoms. The minimum Gasteiger partial charge on any atom is -0.495 e. The van der Waals surface area contributed by atoms with Crippen LogP contribution in [0.25, 0.3) is 0 Å². The summed E-state index contributed by atoms with van der Waals surface area (Å²) in [5, 5.41) is 12.0. The first-order valence-electron chi connectivity index (χ1n) is 4.70. The Kier molecular flexibility index (Phi) is 3.05. The van der Waals surface area contributed by atoms with Crippen molar-refractivity contribution >= 4 is 11.3 Å². The molecule has 2 atom stereocenters. The van der Waals surface area contributed by atoms with Crippen molar-refractivity contribution in [2.24, 2.45) is 5.92 Å². The molecule has 1 saturated heterocycles. The fraction of sp³-hybridized carbons (Fsp3) is 0.600. The number of ether oxygens (including phenoxy) is 2. The molecular formula is C10H14O3S. The zero-order chi connectivity index (χ0) is 9.97. The Labute approximate surface area is 87.3 Å². The zero-order valence-corrected chi connectivity index (χ0v) is 8.92. The standard InChI is InChI=1S/C10H14O3S/c1-12-8-3-5-14-10(8)9(11)7-2-4-13-6-7/h3,5,7,9,11H,2,4,6H2,1H3. The summed E-state index contributed by atoms with van der Waals surface area (Å²) in [6, 6.07) is 1.89. The van der Waals surface area contributed by atoms with Gasteiger partial charge in [0.1, 0.15) is 5.75 Å². The van der Waals surface area contributed by atoms with E-state index in [2.05, 4.69) is 0 Å². The number of aliphatic hydroxyl groups is 1. The molecule has 0 radical (unpaired) electrons. The van der Waals surface area contributed by atoms with Crippen molar-refractivity contribution in [1.29, 1.82) is 0 Å². The maximum absolute atomic E-state index is 10.1. The molecule has 4 heteroatoms. The van der Waals surface area contributed by atoms with E-state index in [4.69, 9.17) is 9.47 Å². The van der Waals surface area contributed by atoms with Gasteiger partial charge in [0.25, 0.3) is 0 Å². The van der Waals surface area contributed by atoms with Crippen molar-refractivity contribution in [3.05, 3.63) is 16.3 Å². The van der Waals surface area contributed by atoms with Crippen molar-refractivity contribution < 1.29 is 14.6 Å². The van der Waals surface area contributed by atoms with E-state index in [9.17, 15) is 5.11 Å². The monoisotopic (exact) mass is 214 g/mol. The van der Waals surface area contributed by atoms with Gasteiger partial charge in [0.05, 0.1) is 24.7 Å². The number of hydrogen-bond donors (Lipinski definition) is 1. The number of rotatable bonds is 3. The lowest BCUT2D eigenvalue weighted by atomic mass is 10.0. The average molecular weight is 214 g/mol. The third-order valence-corrected chi connectivity index (χ3v) is 3.53. The van der Waals surface area contributed by atoms with Gasteiger partial charge in [0, 0.05) is 12.5 Å². The van der Waals surface area contributed by atoms with Crippen LogP contribution in [0.2, 0.25) is 0 Å². The minimum atomic E-state index is -0.438. The van der Waals surface area contributed by atoms with Crippen LogP contribution in [0.5, 0.6) is 5.75 Å². The first kappa shape index (κ1) is 9.96. The molecule has 1 fully saturated rings. The average Bonchev–Trinajstić information content (AvgIpc) is 2.87. The molecule has 0 aliphatic carbocycles. The van der Waals surface area contributed by atoms with Crippen LogP contribution in [0.4, 0.5) is 0 Å². The quantitative estimate of drug-likeness (QED) is 0.834. The molecule has 0 bridgehead atoms. The van der Waals surface area contributed by atoms with Gasteiger partial charge in [-0.25, -0.2) is 0 Å². The number of hydrogen-bond acceptors (Lipinski definition) is 4. The second kappa shape index (κ2) is 4.29. The molecule has 1 aromatic rings. The van der Waals surface area contributed by atoms with E-state index in [0.717, 1.165) is 23.7 Å². The van der Waals surface area contributed by atoms with Crippen molar-refractivity contribution in [3.63, 3.8) is 0 Å². The molecule has 1 aliphatic rings. The van der Waals surface area contributed by atoms with Gasteiger partial charge in [-0.15, -0.1) is 11.3 Å². The normalized spacial score (nSPS) is 23.7. The highest BCUT2D eigenvalue weighted by Gasteiger charge is 2.28. The molecule has 78 valence electrons. The van der Waals surface area contributed by atoms with Crippen LogP contribution in [-0.4, -0.2) is 25.4 Å². The molecule has 0 amide bonds. The summed E-state index contributed by atoms with van der Waals surface area (Å²) in [5.74, 6) is 1.01. The van der Waals surface area contributed by atoms with E-state index in [-0.39, 0.29) is 5.92 Å². The predicted molar refractivity (Wildman–Crippen MR) is 54.8 cm³/mol. The Bertz CT molecular complexity index is 291. The smallest absolute Gasteiger partial charge is 0.135 e. The van der Waals surface area contributed by atoms with Gasteiger partial charge in [-0.2, -0.15) is 0 Å². The lowest BCUT2D eigenvalue weighted by Crippen LogP contribution is -2.11. The fourth-order valence-corrected chi connectivity index (χ4v) is 2.65. The van der Waals surface area contributed by atoms with Gasteiger partial charge < -0.3 is 14.6 Å². The van der Waals surface area contributed by atoms with E-state index in [0.29, 0.717) is 6.61 Å². The molecule has 1 aliphatic heterocycles. The van der Waals surface area contributed by atoms with Gasteiger partial charge in [-0.05, 0) is 17.9 Å². The van der Waals surface area contributed by atoms with E-state index in [1.807, 2.05) is 11.4 Å². The van der Waals surface area contributed by atoms with Crippen LogP contribution < -0.4 is 4.74 Å². The molecule has 0 saturated carbocycles. The second-order valence-corrected chi connectivity index (χ2v) is 4.37. The Morgan fingerprint density at radius 1 is 1.71 bits per heavy atom. The van der Waals surface area contributed by atoms with E-state index in [1.165, 1.54) is 11.3 Å². The molecule has 3 nitrogen and oxygen atoms in total. The van der Waals surface area contributed by atoms with Crippen molar-refractivity contribution in [2.75, 3.05) is 20.3 Å². The largest absolute Gasteiger partial charge is 0.495 e. The zero-order valence-electron chi connectivity index (χ0n) is 8.10. The summed E-state index contributed by atoms with van der Waals surface area (Å²) in [7, 11) is 1.63. The highest BCUT2D eigenvalue weighted by Crippen LogP contribution is 2.37. The van der Waals surface area contributed by atoms with Crippen molar-refractivity contribution in [3.8, 4) is 5.75 Å². The maximum Gasteiger partial charge on any atom is 0.135 e. The van der Waals surface area contributed by atoms with Crippen LogP contribution in [0.1, 0.15) is 17.4 Å². The van der Waals surface area contributed by atoms with Gasteiger partial charge in [0.15, 0.2) is 0 Å². The minimum absolute atomic E-state index is 0.225. The van der Waals surface area contributed by atoms with Crippen LogP contribution in [0, 0.1) is 5.92 Å². The Morgan fingerprint density at radius 2 is 2.57 bits per heavy atom. The Morgan fingerprint density at radius 3 is 3.21 bits per heavy atom. The van der Waals surface area contributed by atoms with Crippen LogP contribution >= 0.6 is 11.3 Å². The topological polar surface area (TPSA) is 38.7 Å². The highest BCUT2D eigenvalue weighted by molar-refractivity contribution is 7.10. The summed E-state index contributed by atoms with van der Waals surface area (Å²) in [5.41, 5.74) is 0. The lowest BCUT2D eigenvalue weighted by molar-refractivity contribution is 0.0925. The molecule has 1 N–H and O–H groups in total. The SMILES string of the molecule is COc1ccsc1C(O)C1CCOC1. The summed E-state index contributed by atoms with van der Waals surface area (Å²) in [6.45, 7) is 1.41. The molecule has 2 heterocycles. The number of methoxy groups -OCH3 is 1. The van der Waals surface area contributed by atoms with Crippen LogP contribution in [0.15, 0.2) is 11.4 Å². The van der Waals surface area contributed by atoms with Crippen LogP contribution in [-0.2, 0) is 4.74 Å². The van der Waals surface area contributed by atoms with E-state index < -0.39 is 6.10 Å². The van der Waals surface area contributed by atoms with Gasteiger partial charge in [0.2, 0.25) is 0 Å². The fourth-order valence-electron chi connectivity index (χ4n) is 1.71. The molecular weight excluding hydrogens is 200 g/mol. The Hall–Kier alpha value is -0.580. The molecule has 14 heavy (non-hydrogen) atoms. The molecule has 2 rings (SSSR count). The summed E-state index contributed by atoms with van der Waals surface area (Å²) in [4.78, 5) is 0.919. The molecule has 2 unspecified atom stereocenters. The number of aliphatic hydroxyl groups excluding tert-OH is 1. The van der Waals surface area contributed by atoms with Crippen LogP contribution in [0.3, 0.4) is 0 Å². The first-order chi connectivity index (χ1) is 6.83. The highest BCUT2D eigenvalue weighted by atomic mass is 32.1. The molecule has 1 aromatic heterocycles. The van der Waals surface area contributed by atoms with E-state index in [1.54, 1.807) is 7.11 Å². The summed E-state index contributed by atoms with van der Waals surface area (Å²) >= 11 is 1.54. The molecule has 0 aromatic carbocycles. The van der Waals surface area contributed by atoms with Gasteiger partial charge in [-0.3, -0.25) is 0 Å². The van der Waals surface area contributed by atoms with Crippen molar-refractivity contribution in [2.45, 2.75) is 12.5 Å².